The van der Waals surface area contributed by atoms with Crippen molar-refractivity contribution in [2.24, 2.45) is 0 Å². The number of hydrogen-bond donors (Lipinski definition) is 0. The summed E-state index contributed by atoms with van der Waals surface area (Å²) >= 11 is 0. The third-order valence-corrected chi connectivity index (χ3v) is 3.13. The standard InChI is InChI=1S/C13H15F3/c1-12(2,3)10-5-4-9-8(11(10)14)6-7-13(9,15)16/h4-5H,6-7H2,1-3H3. The molecule has 0 heterocycles. The van der Waals surface area contributed by atoms with Crippen molar-refractivity contribution in [1.29, 1.82) is 0 Å². The maximum atomic E-state index is 14.1. The smallest absolute Gasteiger partial charge is 0.206 e. The van der Waals surface area contributed by atoms with Gasteiger partial charge < -0.3 is 0 Å². The highest BCUT2D eigenvalue weighted by molar-refractivity contribution is 5.42. The van der Waals surface area contributed by atoms with E-state index in [2.05, 4.69) is 0 Å². The lowest BCUT2D eigenvalue weighted by Crippen LogP contribution is -2.16. The lowest BCUT2D eigenvalue weighted by molar-refractivity contribution is -0.00188. The van der Waals surface area contributed by atoms with Crippen molar-refractivity contribution in [2.75, 3.05) is 0 Å². The summed E-state index contributed by atoms with van der Waals surface area (Å²) in [4.78, 5) is 0. The van der Waals surface area contributed by atoms with E-state index in [1.807, 2.05) is 20.8 Å². The van der Waals surface area contributed by atoms with Gasteiger partial charge in [-0.15, -0.1) is 0 Å². The maximum Gasteiger partial charge on any atom is 0.273 e. The molecule has 3 heteroatoms. The summed E-state index contributed by atoms with van der Waals surface area (Å²) in [5.41, 5.74) is 0.246. The minimum Gasteiger partial charge on any atom is -0.206 e. The molecule has 1 aromatic rings. The third-order valence-electron chi connectivity index (χ3n) is 3.13. The zero-order valence-electron chi connectivity index (χ0n) is 9.70. The molecular formula is C13H15F3. The first-order valence-electron chi connectivity index (χ1n) is 5.43. The normalized spacial score (nSPS) is 18.6. The molecule has 0 saturated heterocycles. The van der Waals surface area contributed by atoms with Crippen molar-refractivity contribution in [3.05, 3.63) is 34.6 Å². The molecule has 0 fully saturated rings. The highest BCUT2D eigenvalue weighted by Crippen LogP contribution is 2.44. The van der Waals surface area contributed by atoms with Gasteiger partial charge in [0.1, 0.15) is 5.82 Å². The molecule has 0 spiro atoms. The van der Waals surface area contributed by atoms with Gasteiger partial charge >= 0.3 is 0 Å². The molecule has 1 aliphatic rings. The molecule has 0 aromatic heterocycles. The molecule has 0 radical (unpaired) electrons. The molecule has 0 amide bonds. The van der Waals surface area contributed by atoms with E-state index in [4.69, 9.17) is 0 Å². The van der Waals surface area contributed by atoms with Gasteiger partial charge in [-0.25, -0.2) is 13.2 Å². The Bertz CT molecular complexity index is 428. The molecule has 2 rings (SSSR count). The van der Waals surface area contributed by atoms with Crippen LogP contribution in [0, 0.1) is 5.82 Å². The van der Waals surface area contributed by atoms with E-state index in [-0.39, 0.29) is 29.4 Å². The van der Waals surface area contributed by atoms with Crippen LogP contribution < -0.4 is 0 Å². The average molecular weight is 228 g/mol. The highest BCUT2D eigenvalue weighted by atomic mass is 19.3. The van der Waals surface area contributed by atoms with E-state index in [9.17, 15) is 13.2 Å². The van der Waals surface area contributed by atoms with Crippen LogP contribution in [0.2, 0.25) is 0 Å². The van der Waals surface area contributed by atoms with Gasteiger partial charge in [0.15, 0.2) is 0 Å². The van der Waals surface area contributed by atoms with E-state index >= 15 is 0 Å². The Morgan fingerprint density at radius 2 is 1.81 bits per heavy atom. The molecule has 0 unspecified atom stereocenters. The molecule has 1 aromatic carbocycles. The Balaban J connectivity index is 2.60. The summed E-state index contributed by atoms with van der Waals surface area (Å²) in [5.74, 6) is -3.30. The molecule has 16 heavy (non-hydrogen) atoms. The second-order valence-corrected chi connectivity index (χ2v) is 5.41. The fraction of sp³-hybridized carbons (Fsp3) is 0.538. The van der Waals surface area contributed by atoms with Crippen LogP contribution >= 0.6 is 0 Å². The number of halogens is 3. The summed E-state index contributed by atoms with van der Waals surface area (Å²) in [6, 6.07) is 2.87. The first-order chi connectivity index (χ1) is 7.23. The lowest BCUT2D eigenvalue weighted by atomic mass is 9.85. The molecule has 0 saturated carbocycles. The van der Waals surface area contributed by atoms with E-state index in [1.54, 1.807) is 0 Å². The molecule has 0 atom stereocenters. The van der Waals surface area contributed by atoms with E-state index in [0.717, 1.165) is 0 Å². The van der Waals surface area contributed by atoms with Crippen molar-refractivity contribution in [1.82, 2.24) is 0 Å². The van der Waals surface area contributed by atoms with Crippen LogP contribution in [0.25, 0.3) is 0 Å². The molecule has 88 valence electrons. The number of rotatable bonds is 0. The predicted octanol–water partition coefficient (Wildman–Crippen LogP) is 4.16. The van der Waals surface area contributed by atoms with Crippen LogP contribution in [-0.2, 0) is 17.8 Å². The average Bonchev–Trinajstić information content (AvgIpc) is 2.42. The first-order valence-corrected chi connectivity index (χ1v) is 5.43. The molecule has 0 aliphatic heterocycles. The second kappa shape index (κ2) is 3.25. The van der Waals surface area contributed by atoms with Crippen LogP contribution in [-0.4, -0.2) is 0 Å². The topological polar surface area (TPSA) is 0 Å². The zero-order chi connectivity index (χ0) is 12.1. The Morgan fingerprint density at radius 1 is 1.19 bits per heavy atom. The van der Waals surface area contributed by atoms with Crippen LogP contribution in [0.5, 0.6) is 0 Å². The molecule has 0 nitrogen and oxygen atoms in total. The SMILES string of the molecule is CC(C)(C)c1ccc2c(c1F)CCC2(F)F. The van der Waals surface area contributed by atoms with Gasteiger partial charge in [-0.2, -0.15) is 0 Å². The van der Waals surface area contributed by atoms with Gasteiger partial charge in [0, 0.05) is 12.0 Å². The van der Waals surface area contributed by atoms with Crippen molar-refractivity contribution < 1.29 is 13.2 Å². The summed E-state index contributed by atoms with van der Waals surface area (Å²) in [7, 11) is 0. The van der Waals surface area contributed by atoms with E-state index in [0.29, 0.717) is 5.56 Å². The van der Waals surface area contributed by atoms with Gasteiger partial charge in [0.25, 0.3) is 5.92 Å². The predicted molar refractivity (Wildman–Crippen MR) is 57.3 cm³/mol. The minimum absolute atomic E-state index is 0.127. The summed E-state index contributed by atoms with van der Waals surface area (Å²) < 4.78 is 40.8. The van der Waals surface area contributed by atoms with Gasteiger partial charge in [-0.3, -0.25) is 0 Å². The Kier molecular flexibility index (Phi) is 2.34. The van der Waals surface area contributed by atoms with Crippen LogP contribution in [0.1, 0.15) is 43.9 Å². The van der Waals surface area contributed by atoms with Gasteiger partial charge in [0.05, 0.1) is 0 Å². The number of benzene rings is 1. The Morgan fingerprint density at radius 3 is 2.38 bits per heavy atom. The monoisotopic (exact) mass is 228 g/mol. The maximum absolute atomic E-state index is 14.1. The number of hydrogen-bond acceptors (Lipinski definition) is 0. The molecule has 0 N–H and O–H groups in total. The van der Waals surface area contributed by atoms with Crippen molar-refractivity contribution >= 4 is 0 Å². The molecule has 1 aliphatic carbocycles. The van der Waals surface area contributed by atoms with Crippen molar-refractivity contribution in [3.8, 4) is 0 Å². The van der Waals surface area contributed by atoms with Crippen LogP contribution in [0.4, 0.5) is 13.2 Å². The summed E-state index contributed by atoms with van der Waals surface area (Å²) in [5, 5.41) is 0. The largest absolute Gasteiger partial charge is 0.273 e. The van der Waals surface area contributed by atoms with Gasteiger partial charge in [0.2, 0.25) is 0 Å². The van der Waals surface area contributed by atoms with Crippen molar-refractivity contribution in [3.63, 3.8) is 0 Å². The number of fused-ring (bicyclic) bond motifs is 1. The van der Waals surface area contributed by atoms with Gasteiger partial charge in [-0.1, -0.05) is 32.9 Å². The Labute approximate surface area is 93.5 Å². The van der Waals surface area contributed by atoms with E-state index in [1.165, 1.54) is 12.1 Å². The van der Waals surface area contributed by atoms with Crippen LogP contribution in [0.15, 0.2) is 12.1 Å². The quantitative estimate of drug-likeness (QED) is 0.625. The highest BCUT2D eigenvalue weighted by Gasteiger charge is 2.41. The lowest BCUT2D eigenvalue weighted by Gasteiger charge is -2.21. The number of alkyl halides is 2. The first kappa shape index (κ1) is 11.5. The fourth-order valence-electron chi connectivity index (χ4n) is 2.20. The van der Waals surface area contributed by atoms with E-state index < -0.39 is 11.7 Å². The third kappa shape index (κ3) is 1.62. The summed E-state index contributed by atoms with van der Waals surface area (Å²) in [6.07, 6.45) is -0.134. The molecule has 0 bridgehead atoms. The fourth-order valence-corrected chi connectivity index (χ4v) is 2.20. The Hall–Kier alpha value is -0.990. The zero-order valence-corrected chi connectivity index (χ0v) is 9.70. The van der Waals surface area contributed by atoms with Gasteiger partial charge in [-0.05, 0) is 23.0 Å². The molecular weight excluding hydrogens is 213 g/mol. The van der Waals surface area contributed by atoms with Crippen LogP contribution in [0.3, 0.4) is 0 Å². The van der Waals surface area contributed by atoms with Crippen molar-refractivity contribution in [2.45, 2.75) is 45.0 Å². The summed E-state index contributed by atoms with van der Waals surface area (Å²) in [6.45, 7) is 5.64. The second-order valence-electron chi connectivity index (χ2n) is 5.41. The minimum atomic E-state index is -2.85.